The van der Waals surface area contributed by atoms with E-state index in [-0.39, 0.29) is 12.8 Å². The highest BCUT2D eigenvalue weighted by Crippen LogP contribution is 2.10. The molecule has 0 bridgehead atoms. The number of carbonyl (C=O) groups excluding carboxylic acids is 1. The summed E-state index contributed by atoms with van der Waals surface area (Å²) in [6.45, 7) is 4.68. The zero-order chi connectivity index (χ0) is 12.8. The van der Waals surface area contributed by atoms with Crippen molar-refractivity contribution in [2.75, 3.05) is 33.0 Å². The number of amides is 2. The molecule has 1 N–H and O–H groups in total. The van der Waals surface area contributed by atoms with Crippen LogP contribution in [0.2, 0.25) is 0 Å². The van der Waals surface area contributed by atoms with Crippen LogP contribution in [0.5, 0.6) is 5.75 Å². The highest BCUT2D eigenvalue weighted by atomic mass is 16.5. The Balaban J connectivity index is 1.71. The monoisotopic (exact) mass is 250 g/mol. The number of hydrogen-bond donors (Lipinski definition) is 1. The van der Waals surface area contributed by atoms with E-state index in [2.05, 4.69) is 5.32 Å². The molecule has 1 heterocycles. The fourth-order valence-corrected chi connectivity index (χ4v) is 1.69. The van der Waals surface area contributed by atoms with Crippen molar-refractivity contribution >= 4 is 6.03 Å². The first-order chi connectivity index (χ1) is 8.75. The lowest BCUT2D eigenvalue weighted by molar-refractivity contribution is 0.0518. The maximum atomic E-state index is 11.7. The molecule has 98 valence electrons. The Bertz CT molecular complexity index is 386. The normalized spacial score (nSPS) is 15.3. The second-order valence-electron chi connectivity index (χ2n) is 4.18. The van der Waals surface area contributed by atoms with Crippen LogP contribution in [0, 0.1) is 6.92 Å². The smallest absolute Gasteiger partial charge is 0.320 e. The molecule has 2 rings (SSSR count). The van der Waals surface area contributed by atoms with Gasteiger partial charge in [0.25, 0.3) is 0 Å². The third-order valence-corrected chi connectivity index (χ3v) is 2.78. The van der Waals surface area contributed by atoms with Crippen molar-refractivity contribution in [1.82, 2.24) is 10.2 Å². The van der Waals surface area contributed by atoms with Crippen LogP contribution in [0.15, 0.2) is 24.3 Å². The van der Waals surface area contributed by atoms with Gasteiger partial charge in [-0.3, -0.25) is 0 Å². The van der Waals surface area contributed by atoms with Crippen molar-refractivity contribution in [1.29, 1.82) is 0 Å². The molecule has 5 heteroatoms. The molecule has 1 aliphatic rings. The number of carbonyl (C=O) groups is 1. The molecule has 1 aromatic carbocycles. The third kappa shape index (κ3) is 3.63. The summed E-state index contributed by atoms with van der Waals surface area (Å²) in [5, 5.41) is 2.72. The van der Waals surface area contributed by atoms with Crippen LogP contribution in [-0.2, 0) is 4.74 Å². The molecule has 0 aromatic heterocycles. The van der Waals surface area contributed by atoms with Crippen LogP contribution >= 0.6 is 0 Å². The van der Waals surface area contributed by atoms with E-state index in [0.717, 1.165) is 5.75 Å². The van der Waals surface area contributed by atoms with Gasteiger partial charge in [-0.25, -0.2) is 4.79 Å². The Morgan fingerprint density at radius 3 is 2.67 bits per heavy atom. The van der Waals surface area contributed by atoms with Gasteiger partial charge in [-0.05, 0) is 19.1 Å². The molecular weight excluding hydrogens is 232 g/mol. The van der Waals surface area contributed by atoms with E-state index in [0.29, 0.717) is 26.3 Å². The van der Waals surface area contributed by atoms with Gasteiger partial charge in [0.2, 0.25) is 0 Å². The van der Waals surface area contributed by atoms with E-state index in [1.54, 1.807) is 4.90 Å². The molecule has 5 nitrogen and oxygen atoms in total. The van der Waals surface area contributed by atoms with E-state index in [1.807, 2.05) is 31.2 Å². The topological polar surface area (TPSA) is 50.8 Å². The van der Waals surface area contributed by atoms with Crippen molar-refractivity contribution in [2.24, 2.45) is 0 Å². The van der Waals surface area contributed by atoms with Gasteiger partial charge in [0.1, 0.15) is 5.75 Å². The first-order valence-corrected chi connectivity index (χ1v) is 6.06. The predicted octanol–water partition coefficient (Wildman–Crippen LogP) is 1.37. The maximum Gasteiger partial charge on any atom is 0.320 e. The first kappa shape index (κ1) is 12.7. The highest BCUT2D eigenvalue weighted by Gasteiger charge is 2.15. The molecule has 0 spiro atoms. The Kier molecular flexibility index (Phi) is 4.41. The van der Waals surface area contributed by atoms with Gasteiger partial charge >= 0.3 is 6.03 Å². The van der Waals surface area contributed by atoms with Crippen molar-refractivity contribution in [3.05, 3.63) is 29.8 Å². The molecule has 2 amide bonds. The summed E-state index contributed by atoms with van der Waals surface area (Å²) in [4.78, 5) is 13.4. The fraction of sp³-hybridized carbons (Fsp3) is 0.462. The molecule has 1 aromatic rings. The predicted molar refractivity (Wildman–Crippen MR) is 67.6 cm³/mol. The summed E-state index contributed by atoms with van der Waals surface area (Å²) in [6.07, 6.45) is 0. The second kappa shape index (κ2) is 6.26. The number of urea groups is 1. The van der Waals surface area contributed by atoms with E-state index in [9.17, 15) is 4.79 Å². The summed E-state index contributed by atoms with van der Waals surface area (Å²) < 4.78 is 10.6. The lowest BCUT2D eigenvalue weighted by Gasteiger charge is -2.26. The molecule has 0 atom stereocenters. The van der Waals surface area contributed by atoms with Crippen LogP contribution in [-0.4, -0.2) is 44.0 Å². The zero-order valence-corrected chi connectivity index (χ0v) is 10.5. The Labute approximate surface area is 107 Å². The van der Waals surface area contributed by atoms with Crippen LogP contribution < -0.4 is 10.1 Å². The molecule has 0 unspecified atom stereocenters. The zero-order valence-electron chi connectivity index (χ0n) is 10.5. The minimum absolute atomic E-state index is 0.106. The Morgan fingerprint density at radius 2 is 2.00 bits per heavy atom. The average Bonchev–Trinajstić information content (AvgIpc) is 2.42. The third-order valence-electron chi connectivity index (χ3n) is 2.78. The van der Waals surface area contributed by atoms with E-state index in [4.69, 9.17) is 9.47 Å². The van der Waals surface area contributed by atoms with E-state index < -0.39 is 0 Å². The second-order valence-corrected chi connectivity index (χ2v) is 4.18. The number of hydrogen-bond acceptors (Lipinski definition) is 3. The van der Waals surface area contributed by atoms with Crippen LogP contribution in [0.4, 0.5) is 4.79 Å². The molecule has 0 saturated carbocycles. The largest absolute Gasteiger partial charge is 0.473 e. The SMILES string of the molecule is Cc1ccc(OCNC(=O)N2CCOCC2)cc1. The summed E-state index contributed by atoms with van der Waals surface area (Å²) >= 11 is 0. The molecule has 1 fully saturated rings. The molecule has 18 heavy (non-hydrogen) atoms. The molecule has 1 saturated heterocycles. The van der Waals surface area contributed by atoms with Crippen molar-refractivity contribution in [3.8, 4) is 5.75 Å². The van der Waals surface area contributed by atoms with E-state index in [1.165, 1.54) is 5.56 Å². The standard InChI is InChI=1S/C13H18N2O3/c1-11-2-4-12(5-3-11)18-10-14-13(16)15-6-8-17-9-7-15/h2-5H,6-10H2,1H3,(H,14,16). The number of benzene rings is 1. The average molecular weight is 250 g/mol. The lowest BCUT2D eigenvalue weighted by atomic mass is 10.2. The van der Waals surface area contributed by atoms with Gasteiger partial charge in [-0.2, -0.15) is 0 Å². The lowest BCUT2D eigenvalue weighted by Crippen LogP contribution is -2.47. The Hall–Kier alpha value is -1.75. The maximum absolute atomic E-state index is 11.7. The van der Waals surface area contributed by atoms with Crippen molar-refractivity contribution < 1.29 is 14.3 Å². The van der Waals surface area contributed by atoms with E-state index >= 15 is 0 Å². The van der Waals surface area contributed by atoms with Crippen LogP contribution in [0.1, 0.15) is 5.56 Å². The van der Waals surface area contributed by atoms with Gasteiger partial charge in [0.05, 0.1) is 13.2 Å². The number of nitrogens with one attached hydrogen (secondary N) is 1. The number of aryl methyl sites for hydroxylation is 1. The van der Waals surface area contributed by atoms with Gasteiger partial charge in [0, 0.05) is 13.1 Å². The number of rotatable bonds is 3. The minimum atomic E-state index is -0.106. The Morgan fingerprint density at radius 1 is 1.33 bits per heavy atom. The van der Waals surface area contributed by atoms with Crippen molar-refractivity contribution in [3.63, 3.8) is 0 Å². The highest BCUT2D eigenvalue weighted by molar-refractivity contribution is 5.74. The summed E-state index contributed by atoms with van der Waals surface area (Å²) in [6, 6.07) is 7.61. The number of nitrogens with zero attached hydrogens (tertiary/aromatic N) is 1. The molecule has 1 aliphatic heterocycles. The van der Waals surface area contributed by atoms with Crippen LogP contribution in [0.3, 0.4) is 0 Å². The fourth-order valence-electron chi connectivity index (χ4n) is 1.69. The van der Waals surface area contributed by atoms with Gasteiger partial charge < -0.3 is 19.7 Å². The summed E-state index contributed by atoms with van der Waals surface area (Å²) in [7, 11) is 0. The number of ether oxygens (including phenoxy) is 2. The molecule has 0 aliphatic carbocycles. The van der Waals surface area contributed by atoms with Crippen LogP contribution in [0.25, 0.3) is 0 Å². The quantitative estimate of drug-likeness (QED) is 0.824. The summed E-state index contributed by atoms with van der Waals surface area (Å²) in [5.74, 6) is 0.753. The van der Waals surface area contributed by atoms with Gasteiger partial charge in [-0.15, -0.1) is 0 Å². The molecule has 0 radical (unpaired) electrons. The summed E-state index contributed by atoms with van der Waals surface area (Å²) in [5.41, 5.74) is 1.18. The van der Waals surface area contributed by atoms with Crippen molar-refractivity contribution in [2.45, 2.75) is 6.92 Å². The molecular formula is C13H18N2O3. The minimum Gasteiger partial charge on any atom is -0.473 e. The van der Waals surface area contributed by atoms with Gasteiger partial charge in [-0.1, -0.05) is 17.7 Å². The number of morpholine rings is 1. The first-order valence-electron chi connectivity index (χ1n) is 6.06. The van der Waals surface area contributed by atoms with Gasteiger partial charge in [0.15, 0.2) is 6.73 Å².